The van der Waals surface area contributed by atoms with Crippen molar-refractivity contribution in [3.8, 4) is 0 Å². The molecule has 3 rings (SSSR count). The fourth-order valence-electron chi connectivity index (χ4n) is 2.71. The van der Waals surface area contributed by atoms with Crippen molar-refractivity contribution in [1.29, 1.82) is 0 Å². The fourth-order valence-corrected chi connectivity index (χ4v) is 3.27. The number of carbonyl (C=O) groups is 2. The highest BCUT2D eigenvalue weighted by atomic mass is 32.2. The lowest BCUT2D eigenvalue weighted by molar-refractivity contribution is 0.0640. The van der Waals surface area contributed by atoms with Crippen molar-refractivity contribution in [2.45, 2.75) is 0 Å². The van der Waals surface area contributed by atoms with Crippen molar-refractivity contribution in [2.75, 3.05) is 42.5 Å². The molecule has 0 spiro atoms. The van der Waals surface area contributed by atoms with Gasteiger partial charge >= 0.3 is 6.03 Å². The summed E-state index contributed by atoms with van der Waals surface area (Å²) in [5.74, 6) is 0.102. The maximum Gasteiger partial charge on any atom is 0.321 e. The number of benzene rings is 1. The molecule has 0 atom stereocenters. The van der Waals surface area contributed by atoms with E-state index in [2.05, 4.69) is 10.0 Å². The van der Waals surface area contributed by atoms with Crippen molar-refractivity contribution in [3.05, 3.63) is 48.4 Å². The smallest absolute Gasteiger partial charge is 0.321 e. The summed E-state index contributed by atoms with van der Waals surface area (Å²) in [6.07, 6.45) is 2.52. The molecule has 1 saturated heterocycles. The molecular formula is C17H20N4O5S. The zero-order valence-electron chi connectivity index (χ0n) is 14.7. The number of rotatable bonds is 4. The van der Waals surface area contributed by atoms with Crippen molar-refractivity contribution < 1.29 is 22.4 Å². The van der Waals surface area contributed by atoms with Crippen LogP contribution in [0.25, 0.3) is 0 Å². The summed E-state index contributed by atoms with van der Waals surface area (Å²) in [5, 5.41) is 2.76. The van der Waals surface area contributed by atoms with Gasteiger partial charge in [-0.1, -0.05) is 0 Å². The van der Waals surface area contributed by atoms with Gasteiger partial charge in [0.15, 0.2) is 5.76 Å². The average Bonchev–Trinajstić information content (AvgIpc) is 3.16. The van der Waals surface area contributed by atoms with Gasteiger partial charge in [0, 0.05) is 37.6 Å². The van der Waals surface area contributed by atoms with Gasteiger partial charge in [-0.25, -0.2) is 13.2 Å². The highest BCUT2D eigenvalue weighted by molar-refractivity contribution is 7.92. The van der Waals surface area contributed by atoms with Crippen molar-refractivity contribution >= 4 is 33.3 Å². The zero-order valence-corrected chi connectivity index (χ0v) is 15.5. The van der Waals surface area contributed by atoms with Crippen LogP contribution in [0.1, 0.15) is 10.6 Å². The lowest BCUT2D eigenvalue weighted by Gasteiger charge is -2.34. The van der Waals surface area contributed by atoms with Gasteiger partial charge in [0.25, 0.3) is 5.91 Å². The maximum absolute atomic E-state index is 12.4. The molecule has 1 aromatic carbocycles. The summed E-state index contributed by atoms with van der Waals surface area (Å²) in [6.45, 7) is 1.66. The predicted molar refractivity (Wildman–Crippen MR) is 100 cm³/mol. The number of amides is 3. The second kappa shape index (κ2) is 7.70. The summed E-state index contributed by atoms with van der Waals surface area (Å²) in [6, 6.07) is 9.36. The number of sulfonamides is 1. The summed E-state index contributed by atoms with van der Waals surface area (Å²) >= 11 is 0. The minimum atomic E-state index is -3.34. The topological polar surface area (TPSA) is 112 Å². The fraction of sp³-hybridized carbons (Fsp3) is 0.294. The van der Waals surface area contributed by atoms with E-state index in [4.69, 9.17) is 4.42 Å². The number of hydrogen-bond donors (Lipinski definition) is 2. The van der Waals surface area contributed by atoms with Gasteiger partial charge in [-0.2, -0.15) is 0 Å². The molecule has 0 unspecified atom stereocenters. The van der Waals surface area contributed by atoms with Gasteiger partial charge in [-0.3, -0.25) is 9.52 Å². The van der Waals surface area contributed by atoms with Crippen LogP contribution in [0.3, 0.4) is 0 Å². The molecule has 3 amide bonds. The third-order valence-electron chi connectivity index (χ3n) is 4.03. The van der Waals surface area contributed by atoms with Crippen LogP contribution in [0.2, 0.25) is 0 Å². The number of nitrogens with one attached hydrogen (secondary N) is 2. The van der Waals surface area contributed by atoms with Crippen molar-refractivity contribution in [2.24, 2.45) is 0 Å². The van der Waals surface area contributed by atoms with Crippen LogP contribution < -0.4 is 10.0 Å². The van der Waals surface area contributed by atoms with Crippen LogP contribution in [0.5, 0.6) is 0 Å². The van der Waals surface area contributed by atoms with Crippen LogP contribution in [0.4, 0.5) is 16.2 Å². The second-order valence-electron chi connectivity index (χ2n) is 6.14. The van der Waals surface area contributed by atoms with E-state index in [9.17, 15) is 18.0 Å². The molecule has 0 bridgehead atoms. The van der Waals surface area contributed by atoms with Gasteiger partial charge in [0.05, 0.1) is 12.5 Å². The Labute approximate surface area is 157 Å². The molecule has 9 nitrogen and oxygen atoms in total. The molecule has 0 radical (unpaired) electrons. The monoisotopic (exact) mass is 392 g/mol. The SMILES string of the molecule is CS(=O)(=O)Nc1ccc(NC(=O)N2CCN(C(=O)c3ccco3)CC2)cc1. The number of piperazine rings is 1. The lowest BCUT2D eigenvalue weighted by Crippen LogP contribution is -2.51. The molecule has 1 aromatic heterocycles. The Hall–Kier alpha value is -3.01. The first kappa shape index (κ1) is 18.8. The molecular weight excluding hydrogens is 372 g/mol. The third-order valence-corrected chi connectivity index (χ3v) is 4.63. The number of furan rings is 1. The molecule has 2 N–H and O–H groups in total. The first-order valence-corrected chi connectivity index (χ1v) is 10.2. The number of urea groups is 1. The minimum absolute atomic E-state index is 0.186. The van der Waals surface area contributed by atoms with E-state index in [1.54, 1.807) is 46.2 Å². The van der Waals surface area contributed by atoms with Crippen LogP contribution >= 0.6 is 0 Å². The largest absolute Gasteiger partial charge is 0.459 e. The first-order chi connectivity index (χ1) is 12.8. The molecule has 144 valence electrons. The van der Waals surface area contributed by atoms with Gasteiger partial charge in [-0.05, 0) is 36.4 Å². The second-order valence-corrected chi connectivity index (χ2v) is 7.89. The van der Waals surface area contributed by atoms with E-state index in [0.717, 1.165) is 6.26 Å². The predicted octanol–water partition coefficient (Wildman–Crippen LogP) is 1.64. The lowest BCUT2D eigenvalue weighted by atomic mass is 10.2. The van der Waals surface area contributed by atoms with E-state index < -0.39 is 10.0 Å². The molecule has 1 fully saturated rings. The molecule has 2 aromatic rings. The Kier molecular flexibility index (Phi) is 5.36. The summed E-state index contributed by atoms with van der Waals surface area (Å²) in [5.41, 5.74) is 0.966. The van der Waals surface area contributed by atoms with E-state index >= 15 is 0 Å². The summed E-state index contributed by atoms with van der Waals surface area (Å²) in [7, 11) is -3.34. The minimum Gasteiger partial charge on any atom is -0.459 e. The zero-order chi connectivity index (χ0) is 19.4. The Morgan fingerprint density at radius 2 is 1.56 bits per heavy atom. The van der Waals surface area contributed by atoms with Crippen molar-refractivity contribution in [1.82, 2.24) is 9.80 Å². The first-order valence-electron chi connectivity index (χ1n) is 8.28. The number of carbonyl (C=O) groups excluding carboxylic acids is 2. The van der Waals surface area contributed by atoms with E-state index in [1.807, 2.05) is 0 Å². The van der Waals surface area contributed by atoms with E-state index in [-0.39, 0.29) is 17.7 Å². The van der Waals surface area contributed by atoms with Crippen LogP contribution in [0.15, 0.2) is 47.1 Å². The molecule has 0 saturated carbocycles. The van der Waals surface area contributed by atoms with Gasteiger partial charge in [0.1, 0.15) is 0 Å². The van der Waals surface area contributed by atoms with Crippen molar-refractivity contribution in [3.63, 3.8) is 0 Å². The highest BCUT2D eigenvalue weighted by Gasteiger charge is 2.26. The Balaban J connectivity index is 1.51. The van der Waals surface area contributed by atoms with E-state index in [1.165, 1.54) is 6.26 Å². The summed E-state index contributed by atoms with van der Waals surface area (Å²) in [4.78, 5) is 27.9. The average molecular weight is 392 g/mol. The molecule has 2 heterocycles. The maximum atomic E-state index is 12.4. The van der Waals surface area contributed by atoms with Crippen LogP contribution in [0, 0.1) is 0 Å². The number of anilines is 2. The highest BCUT2D eigenvalue weighted by Crippen LogP contribution is 2.16. The Bertz CT molecular complexity index is 901. The quantitative estimate of drug-likeness (QED) is 0.822. The normalized spacial score (nSPS) is 14.7. The molecule has 1 aliphatic heterocycles. The van der Waals surface area contributed by atoms with Gasteiger partial charge < -0.3 is 19.5 Å². The van der Waals surface area contributed by atoms with Gasteiger partial charge in [-0.15, -0.1) is 0 Å². The van der Waals surface area contributed by atoms with Crippen LogP contribution in [-0.2, 0) is 10.0 Å². The van der Waals surface area contributed by atoms with Crippen LogP contribution in [-0.4, -0.2) is 62.6 Å². The molecule has 1 aliphatic rings. The Morgan fingerprint density at radius 1 is 0.963 bits per heavy atom. The summed E-state index contributed by atoms with van der Waals surface area (Å²) < 4.78 is 29.9. The molecule has 27 heavy (non-hydrogen) atoms. The Morgan fingerprint density at radius 3 is 2.11 bits per heavy atom. The number of nitrogens with zero attached hydrogens (tertiary/aromatic N) is 2. The molecule has 0 aliphatic carbocycles. The van der Waals surface area contributed by atoms with E-state index in [0.29, 0.717) is 37.6 Å². The third kappa shape index (κ3) is 5.00. The standard InChI is InChI=1S/C17H20N4O5S/c1-27(24,25)19-14-6-4-13(5-7-14)18-17(23)21-10-8-20(9-11-21)16(22)15-3-2-12-26-15/h2-7,12,19H,8-11H2,1H3,(H,18,23). The number of hydrogen-bond acceptors (Lipinski definition) is 5. The van der Waals surface area contributed by atoms with Gasteiger partial charge in [0.2, 0.25) is 10.0 Å². The molecule has 10 heteroatoms.